The van der Waals surface area contributed by atoms with E-state index in [1.54, 1.807) is 7.11 Å². The summed E-state index contributed by atoms with van der Waals surface area (Å²) in [5, 5.41) is 7.68. The molecule has 0 spiro atoms. The van der Waals surface area contributed by atoms with Crippen LogP contribution >= 0.6 is 0 Å². The van der Waals surface area contributed by atoms with E-state index in [9.17, 15) is 0 Å². The molecule has 2 aliphatic rings. The molecule has 1 aromatic rings. The summed E-state index contributed by atoms with van der Waals surface area (Å²) in [6.45, 7) is 2.29. The van der Waals surface area contributed by atoms with Crippen LogP contribution in [0.1, 0.15) is 63.1 Å². The van der Waals surface area contributed by atoms with Gasteiger partial charge in [0, 0.05) is 13.5 Å². The summed E-state index contributed by atoms with van der Waals surface area (Å²) in [5.41, 5.74) is -0.299. The molecule has 1 atom stereocenters. The number of nitrogens with zero attached hydrogens (tertiary/aromatic N) is 2. The van der Waals surface area contributed by atoms with Gasteiger partial charge in [0.1, 0.15) is 5.60 Å². The van der Waals surface area contributed by atoms with Crippen molar-refractivity contribution in [3.63, 3.8) is 0 Å². The summed E-state index contributed by atoms with van der Waals surface area (Å²) in [6, 6.07) is 0. The number of hydrogen-bond acceptors (Lipinski definition) is 5. The molecule has 1 aliphatic carbocycles. The number of ether oxygens (including phenoxy) is 1. The Morgan fingerprint density at radius 3 is 2.86 bits per heavy atom. The lowest BCUT2D eigenvalue weighted by atomic mass is 9.84. The minimum atomic E-state index is -0.299. The molecule has 1 saturated carbocycles. The second kappa shape index (κ2) is 6.88. The Kier molecular flexibility index (Phi) is 4.91. The smallest absolute Gasteiger partial charge is 0.226 e. The largest absolute Gasteiger partial charge is 0.370 e. The molecule has 2 heterocycles. The lowest BCUT2D eigenvalue weighted by Crippen LogP contribution is -2.32. The number of piperidine rings is 1. The van der Waals surface area contributed by atoms with Crippen molar-refractivity contribution in [3.8, 4) is 0 Å². The van der Waals surface area contributed by atoms with E-state index in [-0.39, 0.29) is 5.60 Å². The predicted molar refractivity (Wildman–Crippen MR) is 80.0 cm³/mol. The second-order valence-corrected chi connectivity index (χ2v) is 6.52. The van der Waals surface area contributed by atoms with Crippen LogP contribution in [-0.4, -0.2) is 30.3 Å². The summed E-state index contributed by atoms with van der Waals surface area (Å²) in [4.78, 5) is 4.64. The summed E-state index contributed by atoms with van der Waals surface area (Å²) in [6.07, 6.45) is 10.3. The van der Waals surface area contributed by atoms with Crippen molar-refractivity contribution in [3.05, 3.63) is 11.7 Å². The molecule has 5 heteroatoms. The maximum Gasteiger partial charge on any atom is 0.226 e. The highest BCUT2D eigenvalue weighted by molar-refractivity contribution is 5.03. The lowest BCUT2D eigenvalue weighted by molar-refractivity contribution is -0.0527. The predicted octanol–water partition coefficient (Wildman–Crippen LogP) is 2.81. The second-order valence-electron chi connectivity index (χ2n) is 6.52. The van der Waals surface area contributed by atoms with Gasteiger partial charge in [-0.25, -0.2) is 0 Å². The van der Waals surface area contributed by atoms with Gasteiger partial charge in [-0.05, 0) is 51.1 Å². The molecule has 1 unspecified atom stereocenters. The fourth-order valence-corrected chi connectivity index (χ4v) is 3.68. The van der Waals surface area contributed by atoms with Gasteiger partial charge in [0.25, 0.3) is 0 Å². The van der Waals surface area contributed by atoms with Gasteiger partial charge in [-0.15, -0.1) is 0 Å². The van der Waals surface area contributed by atoms with E-state index in [1.807, 2.05) is 0 Å². The summed E-state index contributed by atoms with van der Waals surface area (Å²) < 4.78 is 11.3. The fraction of sp³-hybridized carbons (Fsp3) is 0.875. The first-order chi connectivity index (χ1) is 10.3. The molecule has 1 N–H and O–H groups in total. The standard InChI is InChI=1S/C16H27N3O2/c1-20-16(9-3-2-4-10-16)15-18-14(21-19-15)8-7-13-6-5-11-17-12-13/h13,17H,2-12H2,1H3. The Balaban J connectivity index is 1.59. The first-order valence-electron chi connectivity index (χ1n) is 8.41. The summed E-state index contributed by atoms with van der Waals surface area (Å²) >= 11 is 0. The van der Waals surface area contributed by atoms with Crippen molar-refractivity contribution >= 4 is 0 Å². The Morgan fingerprint density at radius 2 is 2.14 bits per heavy atom. The average Bonchev–Trinajstić information content (AvgIpc) is 3.04. The SMILES string of the molecule is COC1(c2noc(CCC3CCCNC3)n2)CCCCC1. The Labute approximate surface area is 126 Å². The molecule has 2 fully saturated rings. The number of nitrogens with one attached hydrogen (secondary N) is 1. The zero-order chi connectivity index (χ0) is 14.5. The Hall–Kier alpha value is -0.940. The van der Waals surface area contributed by atoms with Crippen molar-refractivity contribution in [2.45, 2.75) is 63.4 Å². The van der Waals surface area contributed by atoms with Crippen molar-refractivity contribution < 1.29 is 9.26 Å². The zero-order valence-corrected chi connectivity index (χ0v) is 13.1. The number of aryl methyl sites for hydroxylation is 1. The van der Waals surface area contributed by atoms with Gasteiger partial charge in [-0.3, -0.25) is 0 Å². The average molecular weight is 293 g/mol. The van der Waals surface area contributed by atoms with Gasteiger partial charge in [0.05, 0.1) is 0 Å². The van der Waals surface area contributed by atoms with E-state index in [0.29, 0.717) is 0 Å². The van der Waals surface area contributed by atoms with Crippen LogP contribution in [0.3, 0.4) is 0 Å². The Morgan fingerprint density at radius 1 is 1.29 bits per heavy atom. The molecule has 5 nitrogen and oxygen atoms in total. The van der Waals surface area contributed by atoms with Gasteiger partial charge in [0.2, 0.25) is 11.7 Å². The van der Waals surface area contributed by atoms with E-state index < -0.39 is 0 Å². The minimum Gasteiger partial charge on any atom is -0.370 e. The molecular weight excluding hydrogens is 266 g/mol. The van der Waals surface area contributed by atoms with Gasteiger partial charge >= 0.3 is 0 Å². The van der Waals surface area contributed by atoms with Crippen molar-refractivity contribution in [2.24, 2.45) is 5.92 Å². The van der Waals surface area contributed by atoms with Crippen molar-refractivity contribution in [1.29, 1.82) is 0 Å². The number of hydrogen-bond donors (Lipinski definition) is 1. The summed E-state index contributed by atoms with van der Waals surface area (Å²) in [5.74, 6) is 2.29. The van der Waals surface area contributed by atoms with Crippen LogP contribution in [0, 0.1) is 5.92 Å². The molecule has 1 saturated heterocycles. The van der Waals surface area contributed by atoms with Gasteiger partial charge in [-0.1, -0.05) is 24.4 Å². The van der Waals surface area contributed by atoms with Gasteiger partial charge < -0.3 is 14.6 Å². The highest BCUT2D eigenvalue weighted by Crippen LogP contribution is 2.38. The van der Waals surface area contributed by atoms with Crippen molar-refractivity contribution in [1.82, 2.24) is 15.5 Å². The normalized spacial score (nSPS) is 25.9. The fourth-order valence-electron chi connectivity index (χ4n) is 3.68. The van der Waals surface area contributed by atoms with E-state index in [1.165, 1.54) is 32.1 Å². The third-order valence-electron chi connectivity index (χ3n) is 5.09. The van der Waals surface area contributed by atoms with Crippen molar-refractivity contribution in [2.75, 3.05) is 20.2 Å². The maximum absolute atomic E-state index is 5.78. The highest BCUT2D eigenvalue weighted by Gasteiger charge is 2.38. The first-order valence-corrected chi connectivity index (χ1v) is 8.41. The maximum atomic E-state index is 5.78. The molecule has 118 valence electrons. The first kappa shape index (κ1) is 15.0. The molecule has 1 aromatic heterocycles. The number of rotatable bonds is 5. The third kappa shape index (κ3) is 3.46. The van der Waals surface area contributed by atoms with Crippen LogP contribution < -0.4 is 5.32 Å². The quantitative estimate of drug-likeness (QED) is 0.904. The van der Waals surface area contributed by atoms with Crippen LogP contribution in [-0.2, 0) is 16.8 Å². The van der Waals surface area contributed by atoms with E-state index >= 15 is 0 Å². The Bertz CT molecular complexity index is 434. The zero-order valence-electron chi connectivity index (χ0n) is 13.1. The number of methoxy groups -OCH3 is 1. The minimum absolute atomic E-state index is 0.299. The third-order valence-corrected chi connectivity index (χ3v) is 5.09. The molecule has 3 rings (SSSR count). The molecule has 0 bridgehead atoms. The molecule has 0 radical (unpaired) electrons. The molecule has 1 aliphatic heterocycles. The molecule has 0 aromatic carbocycles. The van der Waals surface area contributed by atoms with Crippen LogP contribution in [0.5, 0.6) is 0 Å². The van der Waals surface area contributed by atoms with Crippen LogP contribution in [0.2, 0.25) is 0 Å². The topological polar surface area (TPSA) is 60.2 Å². The molecule has 0 amide bonds. The van der Waals surface area contributed by atoms with E-state index in [2.05, 4.69) is 15.5 Å². The number of aromatic nitrogens is 2. The highest BCUT2D eigenvalue weighted by atomic mass is 16.5. The van der Waals surface area contributed by atoms with E-state index in [0.717, 1.165) is 56.4 Å². The van der Waals surface area contributed by atoms with Crippen LogP contribution in [0.15, 0.2) is 4.52 Å². The molecule has 21 heavy (non-hydrogen) atoms. The monoisotopic (exact) mass is 293 g/mol. The van der Waals surface area contributed by atoms with Crippen LogP contribution in [0.4, 0.5) is 0 Å². The molecular formula is C16H27N3O2. The summed E-state index contributed by atoms with van der Waals surface area (Å²) in [7, 11) is 1.77. The lowest BCUT2D eigenvalue weighted by Gasteiger charge is -2.32. The van der Waals surface area contributed by atoms with Gasteiger partial charge in [0.15, 0.2) is 0 Å². The van der Waals surface area contributed by atoms with Gasteiger partial charge in [-0.2, -0.15) is 4.98 Å². The van der Waals surface area contributed by atoms with E-state index in [4.69, 9.17) is 9.26 Å². The van der Waals surface area contributed by atoms with Crippen LogP contribution in [0.25, 0.3) is 0 Å².